The summed E-state index contributed by atoms with van der Waals surface area (Å²) in [5, 5.41) is 0.688. The molecule has 0 aliphatic carbocycles. The molecule has 10 heteroatoms. The van der Waals surface area contributed by atoms with E-state index in [9.17, 15) is 14.4 Å². The van der Waals surface area contributed by atoms with Gasteiger partial charge >= 0.3 is 11.7 Å². The van der Waals surface area contributed by atoms with Crippen LogP contribution in [-0.4, -0.2) is 46.0 Å². The normalized spacial score (nSPS) is 17.6. The molecule has 4 heterocycles. The van der Waals surface area contributed by atoms with Crippen molar-refractivity contribution in [3.63, 3.8) is 0 Å². The molecule has 1 saturated heterocycles. The smallest absolute Gasteiger partial charge is 0.419 e. The Morgan fingerprint density at radius 2 is 2.06 bits per heavy atom. The Hall–Kier alpha value is -3.76. The van der Waals surface area contributed by atoms with Gasteiger partial charge in [0.05, 0.1) is 30.4 Å². The monoisotopic (exact) mass is 491 g/mol. The Bertz CT molecular complexity index is 1570. The SMILES string of the molecule is Cc1c(C2CN(C(=O)c3cnc(-c4ccc5oc(=O)n(C)c5c4)s3)CCO2)ccc2c1COC2=O. The highest BCUT2D eigenvalue weighted by Crippen LogP contribution is 2.33. The molecule has 2 aromatic heterocycles. The first kappa shape index (κ1) is 21.8. The second-order valence-corrected chi connectivity index (χ2v) is 9.66. The summed E-state index contributed by atoms with van der Waals surface area (Å²) >= 11 is 1.31. The zero-order chi connectivity index (χ0) is 24.3. The third kappa shape index (κ3) is 3.57. The van der Waals surface area contributed by atoms with Gasteiger partial charge in [-0.25, -0.2) is 14.6 Å². The quantitative estimate of drug-likeness (QED) is 0.404. The number of morpholine rings is 1. The topological polar surface area (TPSA) is 104 Å². The lowest BCUT2D eigenvalue weighted by molar-refractivity contribution is -0.0229. The number of ether oxygens (including phenoxy) is 2. The van der Waals surface area contributed by atoms with Crippen molar-refractivity contribution in [3.05, 3.63) is 74.2 Å². The van der Waals surface area contributed by atoms with Crippen molar-refractivity contribution < 1.29 is 23.5 Å². The fourth-order valence-corrected chi connectivity index (χ4v) is 5.54. The highest BCUT2D eigenvalue weighted by atomic mass is 32.1. The molecule has 0 bridgehead atoms. The maximum atomic E-state index is 13.3. The fourth-order valence-electron chi connectivity index (χ4n) is 4.66. The van der Waals surface area contributed by atoms with Crippen LogP contribution in [-0.2, 0) is 23.1 Å². The van der Waals surface area contributed by atoms with E-state index in [-0.39, 0.29) is 24.6 Å². The van der Waals surface area contributed by atoms with E-state index in [2.05, 4.69) is 4.98 Å². The van der Waals surface area contributed by atoms with Gasteiger partial charge in [-0.15, -0.1) is 11.3 Å². The summed E-state index contributed by atoms with van der Waals surface area (Å²) in [4.78, 5) is 43.7. The van der Waals surface area contributed by atoms with Gasteiger partial charge in [0.1, 0.15) is 22.6 Å². The first-order valence-electron chi connectivity index (χ1n) is 11.2. The summed E-state index contributed by atoms with van der Waals surface area (Å²) in [5.74, 6) is -0.825. The Kier molecular flexibility index (Phi) is 5.08. The van der Waals surface area contributed by atoms with E-state index in [1.165, 1.54) is 15.9 Å². The van der Waals surface area contributed by atoms with Crippen molar-refractivity contribution in [2.24, 2.45) is 7.05 Å². The van der Waals surface area contributed by atoms with Crippen LogP contribution in [0, 0.1) is 6.92 Å². The molecule has 0 N–H and O–H groups in total. The molecule has 2 aromatic carbocycles. The number of carbonyl (C=O) groups is 2. The average Bonchev–Trinajstić information content (AvgIpc) is 3.58. The fraction of sp³-hybridized carbons (Fsp3) is 0.280. The van der Waals surface area contributed by atoms with Gasteiger partial charge in [-0.2, -0.15) is 0 Å². The molecule has 1 unspecified atom stereocenters. The Morgan fingerprint density at radius 1 is 1.20 bits per heavy atom. The second kappa shape index (κ2) is 8.17. The lowest BCUT2D eigenvalue weighted by Crippen LogP contribution is -2.42. The van der Waals surface area contributed by atoms with Gasteiger partial charge < -0.3 is 18.8 Å². The maximum Gasteiger partial charge on any atom is 0.419 e. The Labute approximate surface area is 203 Å². The second-order valence-electron chi connectivity index (χ2n) is 8.63. The van der Waals surface area contributed by atoms with Crippen molar-refractivity contribution >= 4 is 34.3 Å². The molecule has 35 heavy (non-hydrogen) atoms. The average molecular weight is 492 g/mol. The van der Waals surface area contributed by atoms with Crippen LogP contribution >= 0.6 is 11.3 Å². The molecule has 178 valence electrons. The number of thiazole rings is 1. The number of amides is 1. The zero-order valence-corrected chi connectivity index (χ0v) is 19.9. The molecule has 2 aliphatic heterocycles. The van der Waals surface area contributed by atoms with E-state index in [0.717, 1.165) is 22.3 Å². The van der Waals surface area contributed by atoms with Crippen LogP contribution in [0.15, 0.2) is 45.7 Å². The van der Waals surface area contributed by atoms with E-state index < -0.39 is 5.76 Å². The summed E-state index contributed by atoms with van der Waals surface area (Å²) in [7, 11) is 1.65. The number of aromatic nitrogens is 2. The van der Waals surface area contributed by atoms with E-state index in [4.69, 9.17) is 13.9 Å². The number of aryl methyl sites for hydroxylation is 1. The minimum Gasteiger partial charge on any atom is -0.457 e. The van der Waals surface area contributed by atoms with E-state index in [1.807, 2.05) is 25.1 Å². The van der Waals surface area contributed by atoms with Crippen LogP contribution in [0.25, 0.3) is 21.7 Å². The lowest BCUT2D eigenvalue weighted by atomic mass is 9.94. The van der Waals surface area contributed by atoms with Crippen LogP contribution in [0.5, 0.6) is 0 Å². The van der Waals surface area contributed by atoms with Gasteiger partial charge in [-0.3, -0.25) is 9.36 Å². The van der Waals surface area contributed by atoms with Crippen LogP contribution < -0.4 is 5.76 Å². The van der Waals surface area contributed by atoms with Gasteiger partial charge in [0.2, 0.25) is 0 Å². The molecule has 1 fully saturated rings. The van der Waals surface area contributed by atoms with E-state index in [1.54, 1.807) is 30.3 Å². The minimum atomic E-state index is -0.424. The first-order chi connectivity index (χ1) is 16.9. The molecule has 0 saturated carbocycles. The first-order valence-corrected chi connectivity index (χ1v) is 12.0. The molecular weight excluding hydrogens is 470 g/mol. The largest absolute Gasteiger partial charge is 0.457 e. The summed E-state index contributed by atoms with van der Waals surface area (Å²) < 4.78 is 17.8. The zero-order valence-electron chi connectivity index (χ0n) is 19.1. The summed E-state index contributed by atoms with van der Waals surface area (Å²) in [6.45, 7) is 3.54. The number of cyclic esters (lactones) is 1. The molecule has 6 rings (SSSR count). The van der Waals surface area contributed by atoms with E-state index >= 15 is 0 Å². The lowest BCUT2D eigenvalue weighted by Gasteiger charge is -2.33. The summed E-state index contributed by atoms with van der Waals surface area (Å²) in [6.07, 6.45) is 1.31. The molecule has 4 aromatic rings. The highest BCUT2D eigenvalue weighted by Gasteiger charge is 2.31. The number of fused-ring (bicyclic) bond motifs is 2. The van der Waals surface area contributed by atoms with Gasteiger partial charge in [0, 0.05) is 24.7 Å². The predicted octanol–water partition coefficient (Wildman–Crippen LogP) is 3.45. The Morgan fingerprint density at radius 3 is 2.91 bits per heavy atom. The number of oxazole rings is 1. The third-order valence-electron chi connectivity index (χ3n) is 6.66. The highest BCUT2D eigenvalue weighted by molar-refractivity contribution is 7.16. The van der Waals surface area contributed by atoms with Gasteiger partial charge in [0.15, 0.2) is 5.58 Å². The minimum absolute atomic E-state index is 0.101. The molecular formula is C25H21N3O6S. The van der Waals surface area contributed by atoms with E-state index in [0.29, 0.717) is 46.2 Å². The van der Waals surface area contributed by atoms with Crippen LogP contribution in [0.2, 0.25) is 0 Å². The standard InChI is InChI=1S/C25H21N3O6S/c1-13-15(4-5-16-17(13)12-33-24(16)30)20-11-28(7-8-32-20)23(29)21-10-26-22(35-21)14-3-6-19-18(9-14)27(2)25(31)34-19/h3-6,9-10,20H,7-8,11-12H2,1-2H3. The van der Waals surface area contributed by atoms with Gasteiger partial charge in [0.25, 0.3) is 5.91 Å². The van der Waals surface area contributed by atoms with Gasteiger partial charge in [-0.1, -0.05) is 6.07 Å². The number of rotatable bonds is 3. The summed E-state index contributed by atoms with van der Waals surface area (Å²) in [5.41, 5.74) is 5.40. The Balaban J connectivity index is 1.23. The number of carbonyl (C=O) groups excluding carboxylic acids is 2. The van der Waals surface area contributed by atoms with Crippen LogP contribution in [0.4, 0.5) is 0 Å². The molecule has 2 aliphatic rings. The van der Waals surface area contributed by atoms with Crippen LogP contribution in [0.3, 0.4) is 0 Å². The van der Waals surface area contributed by atoms with Crippen molar-refractivity contribution in [1.29, 1.82) is 0 Å². The number of benzene rings is 2. The third-order valence-corrected chi connectivity index (χ3v) is 7.70. The van der Waals surface area contributed by atoms with Crippen molar-refractivity contribution in [1.82, 2.24) is 14.5 Å². The van der Waals surface area contributed by atoms with Crippen molar-refractivity contribution in [2.75, 3.05) is 19.7 Å². The van der Waals surface area contributed by atoms with Gasteiger partial charge in [-0.05, 0) is 42.3 Å². The molecule has 1 atom stereocenters. The van der Waals surface area contributed by atoms with Crippen molar-refractivity contribution in [2.45, 2.75) is 19.6 Å². The molecule has 1 amide bonds. The molecule has 0 spiro atoms. The summed E-state index contributed by atoms with van der Waals surface area (Å²) in [6, 6.07) is 9.07. The number of nitrogens with zero attached hydrogens (tertiary/aromatic N) is 3. The predicted molar refractivity (Wildman–Crippen MR) is 127 cm³/mol. The van der Waals surface area contributed by atoms with Crippen molar-refractivity contribution in [3.8, 4) is 10.6 Å². The molecule has 9 nitrogen and oxygen atoms in total. The number of hydrogen-bond donors (Lipinski definition) is 0. The number of esters is 1. The van der Waals surface area contributed by atoms with Crippen LogP contribution in [0.1, 0.15) is 42.8 Å². The number of hydrogen-bond acceptors (Lipinski definition) is 8. The molecule has 0 radical (unpaired) electrons. The maximum absolute atomic E-state index is 13.3.